The highest BCUT2D eigenvalue weighted by atomic mass is 32.2. The molecule has 6 aromatic carbocycles. The summed E-state index contributed by atoms with van der Waals surface area (Å²) in [5, 5.41) is 2.95. The summed E-state index contributed by atoms with van der Waals surface area (Å²) < 4.78 is 0. The van der Waals surface area contributed by atoms with Gasteiger partial charge in [0.2, 0.25) is 5.91 Å². The van der Waals surface area contributed by atoms with Crippen molar-refractivity contribution in [3.63, 3.8) is 0 Å². The van der Waals surface area contributed by atoms with Crippen LogP contribution in [0.15, 0.2) is 165 Å². The van der Waals surface area contributed by atoms with Gasteiger partial charge in [-0.3, -0.25) is 4.79 Å². The minimum atomic E-state index is -0.152. The predicted octanol–water partition coefficient (Wildman–Crippen LogP) is 11.5. The summed E-state index contributed by atoms with van der Waals surface area (Å²) >= 11 is 3.58. The summed E-state index contributed by atoms with van der Waals surface area (Å²) in [5.41, 5.74) is 9.73. The first kappa shape index (κ1) is 28.3. The maximum atomic E-state index is 12.6. The van der Waals surface area contributed by atoms with Crippen LogP contribution in [0, 0.1) is 6.92 Å². The van der Waals surface area contributed by atoms with E-state index in [2.05, 4.69) is 130 Å². The summed E-state index contributed by atoms with van der Waals surface area (Å²) in [4.78, 5) is 22.2. The molecule has 0 aliphatic carbocycles. The van der Waals surface area contributed by atoms with Gasteiger partial charge in [-0.2, -0.15) is 0 Å². The highest BCUT2D eigenvalue weighted by Gasteiger charge is 2.27. The molecule has 0 bridgehead atoms. The first-order chi connectivity index (χ1) is 22.6. The zero-order valence-electron chi connectivity index (χ0n) is 25.1. The van der Waals surface area contributed by atoms with E-state index < -0.39 is 0 Å². The van der Waals surface area contributed by atoms with Crippen molar-refractivity contribution in [2.24, 2.45) is 0 Å². The number of nitrogens with zero attached hydrogens (tertiary/aromatic N) is 2. The van der Waals surface area contributed by atoms with Gasteiger partial charge in [-0.1, -0.05) is 78.1 Å². The Morgan fingerprint density at radius 1 is 0.565 bits per heavy atom. The predicted molar refractivity (Wildman–Crippen MR) is 193 cm³/mol. The van der Waals surface area contributed by atoms with E-state index in [9.17, 15) is 4.79 Å². The summed E-state index contributed by atoms with van der Waals surface area (Å²) in [6.07, 6.45) is 3.47. The van der Waals surface area contributed by atoms with Gasteiger partial charge in [-0.05, 0) is 109 Å². The monoisotopic (exact) mass is 631 g/mol. The second kappa shape index (κ2) is 12.0. The molecule has 0 radical (unpaired) electrons. The molecule has 2 aliphatic rings. The summed E-state index contributed by atoms with van der Waals surface area (Å²) in [5.74, 6) is -0.152. The number of aryl methyl sites for hydroxylation is 1. The third kappa shape index (κ3) is 5.36. The lowest BCUT2D eigenvalue weighted by molar-refractivity contribution is -0.111. The van der Waals surface area contributed by atoms with Crippen LogP contribution in [0.1, 0.15) is 11.1 Å². The van der Waals surface area contributed by atoms with E-state index in [4.69, 9.17) is 0 Å². The maximum Gasteiger partial charge on any atom is 0.248 e. The number of carbonyl (C=O) groups excluding carboxylic acids is 1. The highest BCUT2D eigenvalue weighted by Crippen LogP contribution is 2.53. The topological polar surface area (TPSA) is 35.6 Å². The Kier molecular flexibility index (Phi) is 7.37. The Hall–Kier alpha value is -5.17. The van der Waals surface area contributed by atoms with Crippen molar-refractivity contribution < 1.29 is 4.79 Å². The molecule has 0 unspecified atom stereocenters. The van der Waals surface area contributed by atoms with Crippen molar-refractivity contribution in [2.45, 2.75) is 26.5 Å². The number of carbonyl (C=O) groups is 1. The number of rotatable bonds is 5. The van der Waals surface area contributed by atoms with Gasteiger partial charge in [-0.15, -0.1) is 0 Å². The van der Waals surface area contributed by atoms with Gasteiger partial charge in [0.1, 0.15) is 0 Å². The van der Waals surface area contributed by atoms with Crippen LogP contribution in [0.3, 0.4) is 0 Å². The standard InChI is InChI=1S/C40H29N3OS2/c1-27-9-8-10-29(25-27)41-40(44)24-18-28-17-23-35-39(26-28)46-38-16-7-4-13-34(38)43(35)31-21-19-30(20-22-31)42-32-11-2-5-14-36(32)45-37-15-6-3-12-33(37)42/h2-26H,1H3,(H,41,44)/b24-18+. The van der Waals surface area contributed by atoms with E-state index >= 15 is 0 Å². The molecule has 0 saturated heterocycles. The van der Waals surface area contributed by atoms with Crippen molar-refractivity contribution in [1.82, 2.24) is 0 Å². The molecule has 0 aromatic heterocycles. The van der Waals surface area contributed by atoms with Crippen molar-refractivity contribution in [1.29, 1.82) is 0 Å². The molecule has 0 spiro atoms. The van der Waals surface area contributed by atoms with Crippen LogP contribution in [0.5, 0.6) is 0 Å². The molecule has 46 heavy (non-hydrogen) atoms. The SMILES string of the molecule is Cc1cccc(NC(=O)/C=C/c2ccc3c(c2)Sc2ccccc2N3c2ccc(N3c4ccccc4Sc4ccccc43)cc2)c1. The van der Waals surface area contributed by atoms with Crippen molar-refractivity contribution in [2.75, 3.05) is 15.1 Å². The molecule has 0 atom stereocenters. The molecule has 4 nitrogen and oxygen atoms in total. The molecule has 0 saturated carbocycles. The van der Waals surface area contributed by atoms with Gasteiger partial charge in [0.25, 0.3) is 0 Å². The number of hydrogen-bond donors (Lipinski definition) is 1. The van der Waals surface area contributed by atoms with E-state index in [0.29, 0.717) is 0 Å². The van der Waals surface area contributed by atoms with E-state index in [0.717, 1.165) is 44.5 Å². The zero-order chi connectivity index (χ0) is 31.0. The van der Waals surface area contributed by atoms with Crippen molar-refractivity contribution in [3.05, 3.63) is 157 Å². The van der Waals surface area contributed by atoms with Gasteiger partial charge in [0.15, 0.2) is 0 Å². The second-order valence-corrected chi connectivity index (χ2v) is 13.4. The second-order valence-electron chi connectivity index (χ2n) is 11.2. The molecule has 1 amide bonds. The Morgan fingerprint density at radius 3 is 1.65 bits per heavy atom. The number of para-hydroxylation sites is 3. The van der Waals surface area contributed by atoms with E-state index in [1.807, 2.05) is 49.0 Å². The number of amides is 1. The summed E-state index contributed by atoms with van der Waals surface area (Å²) in [7, 11) is 0. The first-order valence-corrected chi connectivity index (χ1v) is 16.8. The first-order valence-electron chi connectivity index (χ1n) is 15.1. The molecular formula is C40H29N3OS2. The average molecular weight is 632 g/mol. The zero-order valence-corrected chi connectivity index (χ0v) is 26.7. The minimum absolute atomic E-state index is 0.152. The smallest absolute Gasteiger partial charge is 0.248 e. The Morgan fingerprint density at radius 2 is 1.09 bits per heavy atom. The van der Waals surface area contributed by atoms with Crippen molar-refractivity contribution in [3.8, 4) is 0 Å². The summed E-state index contributed by atoms with van der Waals surface area (Å²) in [6, 6.07) is 48.8. The summed E-state index contributed by atoms with van der Waals surface area (Å²) in [6.45, 7) is 2.01. The molecule has 222 valence electrons. The van der Waals surface area contributed by atoms with Crippen LogP contribution < -0.4 is 15.1 Å². The van der Waals surface area contributed by atoms with E-state index in [1.165, 1.54) is 26.1 Å². The van der Waals surface area contributed by atoms with Crippen LogP contribution in [-0.4, -0.2) is 5.91 Å². The van der Waals surface area contributed by atoms with Crippen LogP contribution in [0.2, 0.25) is 0 Å². The quantitative estimate of drug-likeness (QED) is 0.191. The number of anilines is 7. The largest absolute Gasteiger partial charge is 0.323 e. The molecule has 1 N–H and O–H groups in total. The van der Waals surface area contributed by atoms with Crippen molar-refractivity contribution >= 4 is 75.3 Å². The van der Waals surface area contributed by atoms with Gasteiger partial charge in [-0.25, -0.2) is 0 Å². The lowest BCUT2D eigenvalue weighted by Gasteiger charge is -2.35. The number of nitrogens with one attached hydrogen (secondary N) is 1. The van der Waals surface area contributed by atoms with Gasteiger partial charge < -0.3 is 15.1 Å². The molecular weight excluding hydrogens is 603 g/mol. The van der Waals surface area contributed by atoms with E-state index in [1.54, 1.807) is 17.8 Å². The van der Waals surface area contributed by atoms with Gasteiger partial charge in [0, 0.05) is 42.7 Å². The maximum absolute atomic E-state index is 12.6. The molecule has 6 aromatic rings. The van der Waals surface area contributed by atoms with Crippen LogP contribution in [0.4, 0.5) is 39.8 Å². The Bertz CT molecular complexity index is 2090. The Labute approximate surface area is 277 Å². The third-order valence-corrected chi connectivity index (χ3v) is 10.3. The highest BCUT2D eigenvalue weighted by molar-refractivity contribution is 8.00. The fourth-order valence-corrected chi connectivity index (χ4v) is 8.13. The van der Waals surface area contributed by atoms with Crippen LogP contribution in [0.25, 0.3) is 6.08 Å². The fraction of sp³-hybridized carbons (Fsp3) is 0.0250. The minimum Gasteiger partial charge on any atom is -0.323 e. The third-order valence-electron chi connectivity index (χ3n) is 8.06. The van der Waals surface area contributed by atoms with Crippen LogP contribution >= 0.6 is 23.5 Å². The Balaban J connectivity index is 1.11. The molecule has 0 fully saturated rings. The van der Waals surface area contributed by atoms with Crippen LogP contribution in [-0.2, 0) is 4.79 Å². The number of fused-ring (bicyclic) bond motifs is 4. The van der Waals surface area contributed by atoms with Gasteiger partial charge in [0.05, 0.1) is 22.7 Å². The normalized spacial score (nSPS) is 13.1. The molecule has 2 aliphatic heterocycles. The van der Waals surface area contributed by atoms with E-state index in [-0.39, 0.29) is 5.91 Å². The number of benzene rings is 6. The molecule has 2 heterocycles. The molecule has 6 heteroatoms. The lowest BCUT2D eigenvalue weighted by Crippen LogP contribution is -2.16. The molecule has 8 rings (SSSR count). The van der Waals surface area contributed by atoms with Gasteiger partial charge >= 0.3 is 0 Å². The lowest BCUT2D eigenvalue weighted by atomic mass is 10.1. The average Bonchev–Trinajstić information content (AvgIpc) is 3.08. The fourth-order valence-electron chi connectivity index (χ4n) is 5.97. The number of hydrogen-bond acceptors (Lipinski definition) is 5.